The van der Waals surface area contributed by atoms with Gasteiger partial charge in [-0.2, -0.15) is 0 Å². The maximum atomic E-state index is 11.8. The largest absolute Gasteiger partial charge is 0.374 e. The Hall–Kier alpha value is -2.33. The van der Waals surface area contributed by atoms with Crippen molar-refractivity contribution >= 4 is 11.6 Å². The number of nitrogens with two attached hydrogens (primary N) is 1. The predicted molar refractivity (Wildman–Crippen MR) is 93.5 cm³/mol. The van der Waals surface area contributed by atoms with Crippen LogP contribution >= 0.6 is 0 Å². The number of nitrogens with zero attached hydrogens (tertiary/aromatic N) is 1. The fraction of sp³-hybridized carbons (Fsp3) is 0.316. The van der Waals surface area contributed by atoms with E-state index in [4.69, 9.17) is 5.73 Å². The molecule has 0 radical (unpaired) electrons. The molecule has 0 saturated heterocycles. The highest BCUT2D eigenvalue weighted by Gasteiger charge is 2.25. The quantitative estimate of drug-likeness (QED) is 0.892. The normalized spacial score (nSPS) is 18.3. The first-order chi connectivity index (χ1) is 11.2. The number of carbonyl (C=O) groups excluding carboxylic acids is 1. The van der Waals surface area contributed by atoms with E-state index in [2.05, 4.69) is 41.5 Å². The molecule has 3 rings (SSSR count). The lowest BCUT2D eigenvalue weighted by Gasteiger charge is -2.34. The zero-order valence-electron chi connectivity index (χ0n) is 13.4. The Morgan fingerprint density at radius 1 is 1.22 bits per heavy atom. The monoisotopic (exact) mass is 309 g/mol. The summed E-state index contributed by atoms with van der Waals surface area (Å²) in [5.74, 6) is 0.0605. The molecule has 0 aromatic heterocycles. The summed E-state index contributed by atoms with van der Waals surface area (Å²) in [5.41, 5.74) is 9.13. The zero-order chi connectivity index (χ0) is 16.2. The predicted octanol–water partition coefficient (Wildman–Crippen LogP) is 2.43. The Bertz CT molecular complexity index is 671. The topological polar surface area (TPSA) is 58.4 Å². The molecule has 0 spiro atoms. The fourth-order valence-electron chi connectivity index (χ4n) is 3.31. The van der Waals surface area contributed by atoms with Crippen LogP contribution in [0.15, 0.2) is 54.6 Å². The summed E-state index contributed by atoms with van der Waals surface area (Å²) in [4.78, 5) is 14.1. The molecule has 4 heteroatoms. The van der Waals surface area contributed by atoms with Gasteiger partial charge in [-0.15, -0.1) is 0 Å². The van der Waals surface area contributed by atoms with Gasteiger partial charge in [0.2, 0.25) is 5.91 Å². The number of nitrogens with one attached hydrogen (secondary N) is 1. The molecular weight excluding hydrogens is 286 g/mol. The summed E-state index contributed by atoms with van der Waals surface area (Å²) in [6.45, 7) is 1.77. The van der Waals surface area contributed by atoms with Gasteiger partial charge in [0, 0.05) is 31.7 Å². The molecule has 4 nitrogen and oxygen atoms in total. The van der Waals surface area contributed by atoms with E-state index >= 15 is 0 Å². The highest BCUT2D eigenvalue weighted by Crippen LogP contribution is 2.34. The summed E-state index contributed by atoms with van der Waals surface area (Å²) in [5, 5.41) is 3.37. The van der Waals surface area contributed by atoms with E-state index in [9.17, 15) is 4.79 Å². The standard InChI is InChI=1S/C19H23N3O/c1-22-12-11-15(16-9-5-6-10-17(16)22)13-21-18(19(20)23)14-7-3-2-4-8-14/h2-10,15,18,21H,11-13H2,1H3,(H2,20,23)/t15-,18-/m1/s1. The first-order valence-electron chi connectivity index (χ1n) is 8.04. The van der Waals surface area contributed by atoms with Gasteiger partial charge in [0.15, 0.2) is 0 Å². The van der Waals surface area contributed by atoms with Gasteiger partial charge in [-0.25, -0.2) is 0 Å². The van der Waals surface area contributed by atoms with Crippen molar-refractivity contribution in [1.82, 2.24) is 5.32 Å². The number of fused-ring (bicyclic) bond motifs is 1. The molecule has 1 amide bonds. The number of hydrogen-bond donors (Lipinski definition) is 2. The number of primary amides is 1. The van der Waals surface area contributed by atoms with Crippen molar-refractivity contribution in [3.63, 3.8) is 0 Å². The van der Waals surface area contributed by atoms with Gasteiger partial charge in [-0.3, -0.25) is 4.79 Å². The SMILES string of the molecule is CN1CC[C@H](CN[C@@H](C(N)=O)c2ccccc2)c2ccccc21. The Balaban J connectivity index is 1.75. The van der Waals surface area contributed by atoms with Crippen molar-refractivity contribution in [1.29, 1.82) is 0 Å². The van der Waals surface area contributed by atoms with Crippen molar-refractivity contribution in [2.24, 2.45) is 5.73 Å². The van der Waals surface area contributed by atoms with Crippen LogP contribution < -0.4 is 16.0 Å². The lowest BCUT2D eigenvalue weighted by Crippen LogP contribution is -2.38. The molecule has 120 valence electrons. The van der Waals surface area contributed by atoms with Gasteiger partial charge in [0.1, 0.15) is 6.04 Å². The van der Waals surface area contributed by atoms with E-state index < -0.39 is 6.04 Å². The number of anilines is 1. The van der Waals surface area contributed by atoms with Crippen LogP contribution in [-0.4, -0.2) is 26.0 Å². The molecule has 2 atom stereocenters. The molecule has 0 bridgehead atoms. The third-order valence-electron chi connectivity index (χ3n) is 4.59. The van der Waals surface area contributed by atoms with Crippen LogP contribution in [0, 0.1) is 0 Å². The maximum absolute atomic E-state index is 11.8. The number of rotatable bonds is 5. The molecule has 1 heterocycles. The van der Waals surface area contributed by atoms with Crippen molar-refractivity contribution in [3.8, 4) is 0 Å². The van der Waals surface area contributed by atoms with Gasteiger partial charge in [-0.05, 0) is 23.6 Å². The van der Waals surface area contributed by atoms with Crippen molar-refractivity contribution < 1.29 is 4.79 Å². The van der Waals surface area contributed by atoms with E-state index in [0.29, 0.717) is 5.92 Å². The van der Waals surface area contributed by atoms with Crippen LogP contribution in [0.4, 0.5) is 5.69 Å². The van der Waals surface area contributed by atoms with Crippen molar-refractivity contribution in [3.05, 3.63) is 65.7 Å². The van der Waals surface area contributed by atoms with Crippen molar-refractivity contribution in [2.75, 3.05) is 25.0 Å². The third-order valence-corrected chi connectivity index (χ3v) is 4.59. The lowest BCUT2D eigenvalue weighted by molar-refractivity contribution is -0.120. The second-order valence-corrected chi connectivity index (χ2v) is 6.12. The van der Waals surface area contributed by atoms with Crippen LogP contribution in [0.5, 0.6) is 0 Å². The van der Waals surface area contributed by atoms with E-state index in [0.717, 1.165) is 25.1 Å². The fourth-order valence-corrected chi connectivity index (χ4v) is 3.31. The van der Waals surface area contributed by atoms with Gasteiger partial charge in [0.25, 0.3) is 0 Å². The minimum atomic E-state index is -0.442. The molecule has 23 heavy (non-hydrogen) atoms. The van der Waals surface area contributed by atoms with Gasteiger partial charge in [-0.1, -0.05) is 48.5 Å². The Morgan fingerprint density at radius 2 is 1.91 bits per heavy atom. The van der Waals surface area contributed by atoms with Crippen molar-refractivity contribution in [2.45, 2.75) is 18.4 Å². The maximum Gasteiger partial charge on any atom is 0.239 e. The highest BCUT2D eigenvalue weighted by atomic mass is 16.1. The first-order valence-corrected chi connectivity index (χ1v) is 8.04. The van der Waals surface area contributed by atoms with E-state index in [1.165, 1.54) is 11.3 Å². The molecule has 1 aliphatic heterocycles. The summed E-state index contributed by atoms with van der Waals surface area (Å²) < 4.78 is 0. The molecule has 2 aromatic rings. The zero-order valence-corrected chi connectivity index (χ0v) is 13.4. The van der Waals surface area contributed by atoms with Crippen LogP contribution in [-0.2, 0) is 4.79 Å². The van der Waals surface area contributed by atoms with Crippen LogP contribution in [0.25, 0.3) is 0 Å². The third kappa shape index (κ3) is 3.37. The number of amides is 1. The van der Waals surface area contributed by atoms with Gasteiger partial charge >= 0.3 is 0 Å². The van der Waals surface area contributed by atoms with Crippen LogP contribution in [0.3, 0.4) is 0 Å². The summed E-state index contributed by atoms with van der Waals surface area (Å²) in [7, 11) is 2.12. The number of para-hydroxylation sites is 1. The Morgan fingerprint density at radius 3 is 2.65 bits per heavy atom. The molecule has 0 aliphatic carbocycles. The average Bonchev–Trinajstić information content (AvgIpc) is 2.58. The molecule has 0 unspecified atom stereocenters. The van der Waals surface area contributed by atoms with Gasteiger partial charge < -0.3 is 16.0 Å². The van der Waals surface area contributed by atoms with Gasteiger partial charge in [0.05, 0.1) is 0 Å². The Labute approximate surface area is 137 Å². The minimum Gasteiger partial charge on any atom is -0.374 e. The summed E-state index contributed by atoms with van der Waals surface area (Å²) in [6, 6.07) is 17.7. The number of carbonyl (C=O) groups is 1. The first kappa shape index (κ1) is 15.6. The number of benzene rings is 2. The van der Waals surface area contributed by atoms with E-state index in [1.54, 1.807) is 0 Å². The second kappa shape index (κ2) is 6.84. The second-order valence-electron chi connectivity index (χ2n) is 6.12. The summed E-state index contributed by atoms with van der Waals surface area (Å²) >= 11 is 0. The molecular formula is C19H23N3O. The number of hydrogen-bond acceptors (Lipinski definition) is 3. The summed E-state index contributed by atoms with van der Waals surface area (Å²) in [6.07, 6.45) is 1.07. The minimum absolute atomic E-state index is 0.336. The highest BCUT2D eigenvalue weighted by molar-refractivity contribution is 5.81. The lowest BCUT2D eigenvalue weighted by atomic mass is 9.89. The van der Waals surface area contributed by atoms with Crippen LogP contribution in [0.1, 0.15) is 29.5 Å². The molecule has 0 saturated carbocycles. The smallest absolute Gasteiger partial charge is 0.239 e. The molecule has 3 N–H and O–H groups in total. The van der Waals surface area contributed by atoms with Crippen LogP contribution in [0.2, 0.25) is 0 Å². The molecule has 1 aliphatic rings. The average molecular weight is 309 g/mol. The van der Waals surface area contributed by atoms with E-state index in [-0.39, 0.29) is 5.91 Å². The van der Waals surface area contributed by atoms with E-state index in [1.807, 2.05) is 30.3 Å². The molecule has 2 aromatic carbocycles. The molecule has 0 fully saturated rings. The Kier molecular flexibility index (Phi) is 4.63.